The van der Waals surface area contributed by atoms with Crippen molar-refractivity contribution in [3.63, 3.8) is 0 Å². The van der Waals surface area contributed by atoms with Gasteiger partial charge in [-0.2, -0.15) is 0 Å². The van der Waals surface area contributed by atoms with Gasteiger partial charge in [0, 0.05) is 36.2 Å². The summed E-state index contributed by atoms with van der Waals surface area (Å²) < 4.78 is 4.89. The number of rotatable bonds is 13. The molecule has 3 aromatic rings. The standard InChI is InChI=1S/C29H30Cl2N4O5/c1-2-40-26(37)16-12-19(11-15-25(32)36)33-29(39)24(17-18-7-4-3-5-8-18)35-28(38)23-14-13-22(34-23)20-9-6-10-21(30)27(20)31/h3-10,12-14,16,19,24,34H,2,11,15,17H2,1H3,(H2,32,36)(H,33,39)(H,35,38)/t19-,24-/m0/s1. The van der Waals surface area contributed by atoms with E-state index in [1.165, 1.54) is 12.2 Å². The summed E-state index contributed by atoms with van der Waals surface area (Å²) in [5, 5.41) is 6.29. The number of nitrogens with one attached hydrogen (secondary N) is 3. The minimum atomic E-state index is -0.983. The van der Waals surface area contributed by atoms with Crippen molar-refractivity contribution in [3.05, 3.63) is 94.1 Å². The molecule has 11 heteroatoms. The van der Waals surface area contributed by atoms with Crippen molar-refractivity contribution in [3.8, 4) is 11.3 Å². The number of primary amides is 1. The second-order valence-corrected chi connectivity index (χ2v) is 9.62. The molecule has 3 amide bonds. The summed E-state index contributed by atoms with van der Waals surface area (Å²) >= 11 is 12.4. The van der Waals surface area contributed by atoms with Crippen molar-refractivity contribution in [2.45, 2.75) is 38.3 Å². The van der Waals surface area contributed by atoms with Crippen LogP contribution in [-0.2, 0) is 25.5 Å². The first kappa shape index (κ1) is 30.5. The SMILES string of the molecule is CCOC(=O)C=C[C@H](CCC(N)=O)NC(=O)[C@H](Cc1ccccc1)NC(=O)c1ccc(-c2cccc(Cl)c2Cl)[nH]1. The van der Waals surface area contributed by atoms with Crippen molar-refractivity contribution in [2.24, 2.45) is 5.73 Å². The highest BCUT2D eigenvalue weighted by molar-refractivity contribution is 6.43. The van der Waals surface area contributed by atoms with Crippen LogP contribution in [0, 0.1) is 0 Å². The van der Waals surface area contributed by atoms with E-state index in [-0.39, 0.29) is 31.6 Å². The summed E-state index contributed by atoms with van der Waals surface area (Å²) in [6.45, 7) is 1.86. The van der Waals surface area contributed by atoms with Gasteiger partial charge in [-0.15, -0.1) is 0 Å². The Balaban J connectivity index is 1.81. The first-order chi connectivity index (χ1) is 19.2. The van der Waals surface area contributed by atoms with Gasteiger partial charge in [0.2, 0.25) is 11.8 Å². The highest BCUT2D eigenvalue weighted by Crippen LogP contribution is 2.32. The Labute approximate surface area is 242 Å². The van der Waals surface area contributed by atoms with Gasteiger partial charge in [0.25, 0.3) is 5.91 Å². The monoisotopic (exact) mass is 584 g/mol. The van der Waals surface area contributed by atoms with Gasteiger partial charge in [-0.25, -0.2) is 4.79 Å². The van der Waals surface area contributed by atoms with Crippen LogP contribution in [0.15, 0.2) is 72.8 Å². The lowest BCUT2D eigenvalue weighted by atomic mass is 10.0. The van der Waals surface area contributed by atoms with Gasteiger partial charge < -0.3 is 26.1 Å². The highest BCUT2D eigenvalue weighted by Gasteiger charge is 2.25. The first-order valence-electron chi connectivity index (χ1n) is 12.6. The van der Waals surface area contributed by atoms with Crippen LogP contribution in [0.4, 0.5) is 0 Å². The number of carbonyl (C=O) groups excluding carboxylic acids is 4. The van der Waals surface area contributed by atoms with E-state index in [9.17, 15) is 19.2 Å². The highest BCUT2D eigenvalue weighted by atomic mass is 35.5. The van der Waals surface area contributed by atoms with Gasteiger partial charge in [-0.3, -0.25) is 14.4 Å². The second kappa shape index (κ2) is 14.9. The topological polar surface area (TPSA) is 143 Å². The van der Waals surface area contributed by atoms with Gasteiger partial charge in [-0.1, -0.05) is 71.7 Å². The van der Waals surface area contributed by atoms with Crippen molar-refractivity contribution in [1.29, 1.82) is 0 Å². The number of esters is 1. The number of H-pyrrole nitrogens is 1. The predicted octanol–water partition coefficient (Wildman–Crippen LogP) is 4.20. The van der Waals surface area contributed by atoms with Gasteiger partial charge in [0.15, 0.2) is 0 Å². The Kier molecular flexibility index (Phi) is 11.4. The predicted molar refractivity (Wildman–Crippen MR) is 154 cm³/mol. The molecule has 0 fully saturated rings. The first-order valence-corrected chi connectivity index (χ1v) is 13.3. The van der Waals surface area contributed by atoms with Gasteiger partial charge in [0.1, 0.15) is 11.7 Å². The fraction of sp³-hybridized carbons (Fsp3) is 0.241. The molecule has 2 atom stereocenters. The van der Waals surface area contributed by atoms with E-state index in [0.717, 1.165) is 5.56 Å². The third kappa shape index (κ3) is 9.00. The molecule has 0 aliphatic heterocycles. The molecule has 5 N–H and O–H groups in total. The maximum atomic E-state index is 13.4. The number of ether oxygens (including phenoxy) is 1. The average Bonchev–Trinajstić information content (AvgIpc) is 3.42. The third-order valence-electron chi connectivity index (χ3n) is 5.86. The zero-order chi connectivity index (χ0) is 29.1. The Morgan fingerprint density at radius 1 is 1.00 bits per heavy atom. The fourth-order valence-electron chi connectivity index (χ4n) is 3.87. The minimum absolute atomic E-state index is 0.0227. The number of carbonyl (C=O) groups is 4. The maximum absolute atomic E-state index is 13.4. The summed E-state index contributed by atoms with van der Waals surface area (Å²) in [7, 11) is 0. The quantitative estimate of drug-likeness (QED) is 0.176. The minimum Gasteiger partial charge on any atom is -0.463 e. The van der Waals surface area contributed by atoms with E-state index < -0.39 is 35.8 Å². The lowest BCUT2D eigenvalue weighted by molar-refractivity contribution is -0.137. The molecule has 9 nitrogen and oxygen atoms in total. The van der Waals surface area contributed by atoms with Gasteiger partial charge in [0.05, 0.1) is 16.7 Å². The van der Waals surface area contributed by atoms with Crippen LogP contribution in [0.1, 0.15) is 35.8 Å². The Hall–Kier alpha value is -4.08. The number of halogens is 2. The van der Waals surface area contributed by atoms with Crippen LogP contribution in [0.2, 0.25) is 10.0 Å². The van der Waals surface area contributed by atoms with Crippen molar-refractivity contribution in [1.82, 2.24) is 15.6 Å². The van der Waals surface area contributed by atoms with Crippen molar-refractivity contribution < 1.29 is 23.9 Å². The molecule has 0 saturated carbocycles. The van der Waals surface area contributed by atoms with Gasteiger partial charge in [-0.05, 0) is 37.1 Å². The maximum Gasteiger partial charge on any atom is 0.330 e. The Morgan fingerprint density at radius 3 is 2.45 bits per heavy atom. The van der Waals surface area contributed by atoms with E-state index in [0.29, 0.717) is 21.3 Å². The molecule has 0 spiro atoms. The van der Waals surface area contributed by atoms with E-state index in [1.54, 1.807) is 37.3 Å². The Morgan fingerprint density at radius 2 is 1.75 bits per heavy atom. The average molecular weight is 585 g/mol. The molecule has 0 unspecified atom stereocenters. The Bertz CT molecular complexity index is 1370. The molecule has 0 saturated heterocycles. The normalized spacial score (nSPS) is 12.5. The molecule has 0 aliphatic carbocycles. The smallest absolute Gasteiger partial charge is 0.330 e. The summed E-state index contributed by atoms with van der Waals surface area (Å²) in [5.41, 5.74) is 7.52. The molecule has 1 aromatic heterocycles. The molecule has 3 rings (SSSR count). The molecule has 210 valence electrons. The number of benzene rings is 2. The summed E-state index contributed by atoms with van der Waals surface area (Å²) in [6.07, 6.45) is 2.94. The zero-order valence-electron chi connectivity index (χ0n) is 21.8. The molecule has 0 aliphatic rings. The lowest BCUT2D eigenvalue weighted by Gasteiger charge is -2.22. The van der Waals surface area contributed by atoms with Crippen molar-refractivity contribution in [2.75, 3.05) is 6.61 Å². The molecule has 0 bridgehead atoms. The molecular formula is C29H30Cl2N4O5. The molecule has 40 heavy (non-hydrogen) atoms. The van der Waals surface area contributed by atoms with Crippen molar-refractivity contribution >= 4 is 46.9 Å². The van der Waals surface area contributed by atoms with Crippen LogP contribution in [0.3, 0.4) is 0 Å². The number of hydrogen-bond acceptors (Lipinski definition) is 5. The number of amides is 3. The second-order valence-electron chi connectivity index (χ2n) is 8.83. The van der Waals surface area contributed by atoms with E-state index in [1.807, 2.05) is 30.3 Å². The molecule has 2 aromatic carbocycles. The summed E-state index contributed by atoms with van der Waals surface area (Å²) in [4.78, 5) is 52.8. The number of nitrogens with two attached hydrogens (primary N) is 1. The summed E-state index contributed by atoms with van der Waals surface area (Å²) in [6, 6.07) is 15.9. The van der Waals surface area contributed by atoms with E-state index in [2.05, 4.69) is 15.6 Å². The number of aromatic amines is 1. The van der Waals surface area contributed by atoms with Crippen LogP contribution in [-0.4, -0.2) is 47.4 Å². The molecule has 1 heterocycles. The van der Waals surface area contributed by atoms with E-state index in [4.69, 9.17) is 33.7 Å². The third-order valence-corrected chi connectivity index (χ3v) is 6.68. The van der Waals surface area contributed by atoms with Gasteiger partial charge >= 0.3 is 5.97 Å². The van der Waals surface area contributed by atoms with Crippen LogP contribution >= 0.6 is 23.2 Å². The van der Waals surface area contributed by atoms with E-state index >= 15 is 0 Å². The van der Waals surface area contributed by atoms with Crippen LogP contribution in [0.5, 0.6) is 0 Å². The largest absolute Gasteiger partial charge is 0.463 e. The molecular weight excluding hydrogens is 555 g/mol. The molecule has 0 radical (unpaired) electrons. The number of hydrogen-bond donors (Lipinski definition) is 4. The summed E-state index contributed by atoms with van der Waals surface area (Å²) in [5.74, 6) is -2.17. The number of aromatic nitrogens is 1. The zero-order valence-corrected chi connectivity index (χ0v) is 23.3. The lowest BCUT2D eigenvalue weighted by Crippen LogP contribution is -2.50. The van der Waals surface area contributed by atoms with Crippen LogP contribution in [0.25, 0.3) is 11.3 Å². The van der Waals surface area contributed by atoms with Crippen LogP contribution < -0.4 is 16.4 Å². The fourth-order valence-corrected chi connectivity index (χ4v) is 4.28.